The summed E-state index contributed by atoms with van der Waals surface area (Å²) < 4.78 is 40.0. The van der Waals surface area contributed by atoms with E-state index < -0.39 is 21.8 Å². The Morgan fingerprint density at radius 3 is 2.80 bits per heavy atom. The highest BCUT2D eigenvalue weighted by molar-refractivity contribution is 7.92. The van der Waals surface area contributed by atoms with Crippen LogP contribution in [0.15, 0.2) is 47.0 Å². The second-order valence-corrected chi connectivity index (χ2v) is 7.53. The number of benzene rings is 1. The predicted octanol–water partition coefficient (Wildman–Crippen LogP) is 2.46. The summed E-state index contributed by atoms with van der Waals surface area (Å²) in [4.78, 5) is 14.9. The van der Waals surface area contributed by atoms with Crippen molar-refractivity contribution in [1.29, 1.82) is 0 Å². The number of aromatic nitrogens is 1. The molecule has 0 saturated carbocycles. The van der Waals surface area contributed by atoms with Gasteiger partial charge < -0.3 is 5.11 Å². The molecule has 1 N–H and O–H groups in total. The average molecular weight is 362 g/mol. The van der Waals surface area contributed by atoms with E-state index in [0.717, 1.165) is 10.4 Å². The lowest BCUT2D eigenvalue weighted by molar-refractivity contribution is -0.132. The first-order chi connectivity index (χ1) is 11.8. The van der Waals surface area contributed by atoms with Crippen LogP contribution in [-0.2, 0) is 21.2 Å². The first-order valence-electron chi connectivity index (χ1n) is 7.48. The molecule has 8 heteroatoms. The monoisotopic (exact) mass is 362 g/mol. The molecule has 1 aromatic carbocycles. The van der Waals surface area contributed by atoms with Gasteiger partial charge in [-0.15, -0.1) is 0 Å². The molecule has 0 unspecified atom stereocenters. The van der Waals surface area contributed by atoms with Crippen molar-refractivity contribution < 1.29 is 22.7 Å². The van der Waals surface area contributed by atoms with Crippen molar-refractivity contribution in [2.75, 3.05) is 10.8 Å². The zero-order valence-corrected chi connectivity index (χ0v) is 14.1. The van der Waals surface area contributed by atoms with Crippen molar-refractivity contribution in [3.8, 4) is 0 Å². The average Bonchev–Trinajstić information content (AvgIpc) is 2.98. The van der Waals surface area contributed by atoms with Gasteiger partial charge in [0, 0.05) is 18.3 Å². The third-order valence-corrected chi connectivity index (χ3v) is 5.67. The first-order valence-corrected chi connectivity index (χ1v) is 8.92. The van der Waals surface area contributed by atoms with E-state index in [0.29, 0.717) is 17.5 Å². The molecule has 0 fully saturated rings. The minimum Gasteiger partial charge on any atom is -0.478 e. The fourth-order valence-corrected chi connectivity index (χ4v) is 4.13. The molecule has 0 aliphatic carbocycles. The molecule has 25 heavy (non-hydrogen) atoms. The molecule has 1 aliphatic heterocycles. The van der Waals surface area contributed by atoms with E-state index in [1.807, 2.05) is 0 Å². The van der Waals surface area contributed by atoms with Crippen LogP contribution in [0, 0.1) is 5.82 Å². The molecular formula is C17H15FN2O4S. The highest BCUT2D eigenvalue weighted by Gasteiger charge is 2.32. The lowest BCUT2D eigenvalue weighted by Gasteiger charge is -2.18. The number of anilines is 1. The fraction of sp³-hybridized carbons (Fsp3) is 0.176. The van der Waals surface area contributed by atoms with Gasteiger partial charge in [0.05, 0.1) is 4.90 Å². The third-order valence-electron chi connectivity index (χ3n) is 3.89. The smallest absolute Gasteiger partial charge is 0.331 e. The van der Waals surface area contributed by atoms with Crippen LogP contribution in [-0.4, -0.2) is 31.0 Å². The van der Waals surface area contributed by atoms with Crippen molar-refractivity contribution in [1.82, 2.24) is 4.98 Å². The quantitative estimate of drug-likeness (QED) is 0.844. The summed E-state index contributed by atoms with van der Waals surface area (Å²) in [6, 6.07) is 6.55. The Labute approximate surface area is 144 Å². The Kier molecular flexibility index (Phi) is 4.30. The van der Waals surface area contributed by atoms with Gasteiger partial charge in [-0.1, -0.05) is 6.07 Å². The van der Waals surface area contributed by atoms with Gasteiger partial charge >= 0.3 is 5.97 Å². The van der Waals surface area contributed by atoms with E-state index in [2.05, 4.69) is 4.98 Å². The van der Waals surface area contributed by atoms with Crippen LogP contribution in [0.4, 0.5) is 10.2 Å². The second-order valence-electron chi connectivity index (χ2n) is 5.67. The van der Waals surface area contributed by atoms with Gasteiger partial charge in [0.2, 0.25) is 0 Å². The number of hydrogen-bond donors (Lipinski definition) is 1. The molecule has 0 spiro atoms. The van der Waals surface area contributed by atoms with Crippen LogP contribution in [0.25, 0.3) is 6.08 Å². The molecule has 3 rings (SSSR count). The van der Waals surface area contributed by atoms with E-state index in [9.17, 15) is 17.6 Å². The number of aliphatic carboxylic acids is 1. The molecule has 0 radical (unpaired) electrons. The van der Waals surface area contributed by atoms with E-state index in [-0.39, 0.29) is 22.8 Å². The summed E-state index contributed by atoms with van der Waals surface area (Å²) in [6.07, 6.45) is 3.34. The minimum atomic E-state index is -3.90. The third kappa shape index (κ3) is 3.25. The molecule has 1 aromatic heterocycles. The number of carboxylic acids is 1. The minimum absolute atomic E-state index is 0.132. The summed E-state index contributed by atoms with van der Waals surface area (Å²) >= 11 is 0. The second kappa shape index (κ2) is 6.29. The zero-order valence-electron chi connectivity index (χ0n) is 13.3. The molecule has 2 heterocycles. The van der Waals surface area contributed by atoms with Gasteiger partial charge in [0.15, 0.2) is 0 Å². The van der Waals surface area contributed by atoms with Crippen LogP contribution in [0.2, 0.25) is 0 Å². The molecule has 0 saturated heterocycles. The first kappa shape index (κ1) is 17.1. The maximum absolute atomic E-state index is 13.4. The number of hydrogen-bond acceptors (Lipinski definition) is 4. The molecule has 1 aliphatic rings. The van der Waals surface area contributed by atoms with E-state index in [1.54, 1.807) is 6.07 Å². The van der Waals surface area contributed by atoms with Crippen molar-refractivity contribution in [3.05, 3.63) is 59.0 Å². The number of nitrogens with zero attached hydrogens (tertiary/aromatic N) is 2. The van der Waals surface area contributed by atoms with Crippen molar-refractivity contribution in [3.63, 3.8) is 0 Å². The Balaban J connectivity index is 1.97. The lowest BCUT2D eigenvalue weighted by Crippen LogP contribution is -2.29. The lowest BCUT2D eigenvalue weighted by atomic mass is 10.1. The van der Waals surface area contributed by atoms with Gasteiger partial charge in [-0.05, 0) is 54.8 Å². The number of halogens is 1. The van der Waals surface area contributed by atoms with Crippen LogP contribution < -0.4 is 4.31 Å². The van der Waals surface area contributed by atoms with E-state index >= 15 is 0 Å². The number of carbonyl (C=O) groups is 1. The van der Waals surface area contributed by atoms with Crippen LogP contribution in [0.3, 0.4) is 0 Å². The summed E-state index contributed by atoms with van der Waals surface area (Å²) in [5.41, 5.74) is 1.44. The highest BCUT2D eigenvalue weighted by atomic mass is 32.2. The van der Waals surface area contributed by atoms with Gasteiger partial charge in [-0.2, -0.15) is 0 Å². The van der Waals surface area contributed by atoms with Gasteiger partial charge in [0.1, 0.15) is 11.6 Å². The Hall–Kier alpha value is -2.74. The molecule has 6 nitrogen and oxygen atoms in total. The van der Waals surface area contributed by atoms with Gasteiger partial charge in [-0.3, -0.25) is 0 Å². The number of pyridine rings is 1. The Morgan fingerprint density at radius 2 is 2.12 bits per heavy atom. The van der Waals surface area contributed by atoms with Crippen LogP contribution in [0.1, 0.15) is 18.1 Å². The SMILES string of the molecule is C/C(=C\c1cnc2c(c1)CCN2S(=O)(=O)c1cccc(F)c1)C(=O)O. The Morgan fingerprint density at radius 1 is 1.36 bits per heavy atom. The maximum Gasteiger partial charge on any atom is 0.331 e. The largest absolute Gasteiger partial charge is 0.478 e. The standard InChI is InChI=1S/C17H15FN2O4S/c1-11(17(21)22)7-12-8-13-5-6-20(16(13)19-10-12)25(23,24)15-4-2-3-14(18)9-15/h2-4,7-10H,5-6H2,1H3,(H,21,22)/b11-7+. The van der Waals surface area contributed by atoms with Crippen molar-refractivity contribution >= 4 is 27.9 Å². The van der Waals surface area contributed by atoms with Crippen molar-refractivity contribution in [2.45, 2.75) is 18.2 Å². The molecule has 0 bridgehead atoms. The summed E-state index contributed by atoms with van der Waals surface area (Å²) in [7, 11) is -3.90. The number of fused-ring (bicyclic) bond motifs is 1. The Bertz CT molecular complexity index is 986. The molecule has 2 aromatic rings. The summed E-state index contributed by atoms with van der Waals surface area (Å²) in [6.45, 7) is 1.67. The van der Waals surface area contributed by atoms with Crippen LogP contribution >= 0.6 is 0 Å². The van der Waals surface area contributed by atoms with E-state index in [1.165, 1.54) is 37.4 Å². The highest BCUT2D eigenvalue weighted by Crippen LogP contribution is 2.32. The normalized spacial score (nSPS) is 14.5. The summed E-state index contributed by atoms with van der Waals surface area (Å²) in [5.74, 6) is -1.37. The van der Waals surface area contributed by atoms with Crippen LogP contribution in [0.5, 0.6) is 0 Å². The topological polar surface area (TPSA) is 87.6 Å². The molecule has 130 valence electrons. The maximum atomic E-state index is 13.4. The van der Waals surface area contributed by atoms with Gasteiger partial charge in [0.25, 0.3) is 10.0 Å². The number of sulfonamides is 1. The molecular weight excluding hydrogens is 347 g/mol. The zero-order chi connectivity index (χ0) is 18.2. The number of carboxylic acid groups (broad SMARTS) is 1. The van der Waals surface area contributed by atoms with Crippen molar-refractivity contribution in [2.24, 2.45) is 0 Å². The van der Waals surface area contributed by atoms with E-state index in [4.69, 9.17) is 5.11 Å². The molecule has 0 atom stereocenters. The molecule has 0 amide bonds. The summed E-state index contributed by atoms with van der Waals surface area (Å²) in [5, 5.41) is 8.93. The predicted molar refractivity (Wildman–Crippen MR) is 90.2 cm³/mol. The number of rotatable bonds is 4. The fourth-order valence-electron chi connectivity index (χ4n) is 2.64. The van der Waals surface area contributed by atoms with Gasteiger partial charge in [-0.25, -0.2) is 26.9 Å².